The minimum atomic E-state index is -0.460. The van der Waals surface area contributed by atoms with Gasteiger partial charge in [0.1, 0.15) is 11.4 Å². The van der Waals surface area contributed by atoms with E-state index in [-0.39, 0.29) is 12.1 Å². The fourth-order valence-electron chi connectivity index (χ4n) is 2.61. The summed E-state index contributed by atoms with van der Waals surface area (Å²) in [5.74, 6) is 0.980. The zero-order valence-electron chi connectivity index (χ0n) is 14.3. The van der Waals surface area contributed by atoms with Gasteiger partial charge in [-0.1, -0.05) is 6.07 Å². The number of amides is 1. The highest BCUT2D eigenvalue weighted by Crippen LogP contribution is 2.21. The Balaban J connectivity index is 2.00. The van der Waals surface area contributed by atoms with E-state index in [9.17, 15) is 4.79 Å². The van der Waals surface area contributed by atoms with Crippen LogP contribution in [0, 0.1) is 6.92 Å². The second kappa shape index (κ2) is 6.55. The Kier molecular flexibility index (Phi) is 4.94. The van der Waals surface area contributed by atoms with Crippen molar-refractivity contribution in [3.63, 3.8) is 0 Å². The fourth-order valence-corrected chi connectivity index (χ4v) is 2.61. The first-order valence-electron chi connectivity index (χ1n) is 7.90. The Morgan fingerprint density at radius 1 is 1.41 bits per heavy atom. The molecule has 2 rings (SSSR count). The number of carbonyl (C=O) groups excluding carboxylic acids is 1. The lowest BCUT2D eigenvalue weighted by atomic mass is 10.0. The molecule has 122 valence electrons. The van der Waals surface area contributed by atoms with Gasteiger partial charge in [0.15, 0.2) is 0 Å². The minimum absolute atomic E-state index is 0.159. The first kappa shape index (κ1) is 16.6. The van der Waals surface area contributed by atoms with Gasteiger partial charge in [-0.15, -0.1) is 0 Å². The van der Waals surface area contributed by atoms with Gasteiger partial charge in [-0.2, -0.15) is 0 Å². The lowest BCUT2D eigenvalue weighted by molar-refractivity contribution is 0.0209. The summed E-state index contributed by atoms with van der Waals surface area (Å²) in [6.07, 6.45) is 3.68. The van der Waals surface area contributed by atoms with E-state index in [2.05, 4.69) is 16.0 Å². The van der Waals surface area contributed by atoms with Gasteiger partial charge in [0, 0.05) is 26.3 Å². The van der Waals surface area contributed by atoms with Crippen molar-refractivity contribution in [2.45, 2.75) is 52.2 Å². The van der Waals surface area contributed by atoms with Crippen LogP contribution in [0.2, 0.25) is 0 Å². The lowest BCUT2D eigenvalue weighted by Gasteiger charge is -2.38. The average Bonchev–Trinajstić information content (AvgIpc) is 2.45. The molecule has 1 aliphatic heterocycles. The van der Waals surface area contributed by atoms with Crippen LogP contribution >= 0.6 is 0 Å². The Labute approximate surface area is 133 Å². The molecule has 0 saturated carbocycles. The third-order valence-electron chi connectivity index (χ3n) is 3.85. The molecule has 0 unspecified atom stereocenters. The molecule has 5 heteroatoms. The quantitative estimate of drug-likeness (QED) is 0.841. The van der Waals surface area contributed by atoms with Crippen molar-refractivity contribution in [3.8, 4) is 0 Å². The highest BCUT2D eigenvalue weighted by Gasteiger charge is 2.29. The monoisotopic (exact) mass is 305 g/mol. The fraction of sp³-hybridized carbons (Fsp3) is 0.647. The zero-order valence-corrected chi connectivity index (χ0v) is 14.3. The third-order valence-corrected chi connectivity index (χ3v) is 3.85. The minimum Gasteiger partial charge on any atom is -0.444 e. The summed E-state index contributed by atoms with van der Waals surface area (Å²) in [6.45, 7) is 9.49. The van der Waals surface area contributed by atoms with Crippen molar-refractivity contribution in [2.24, 2.45) is 0 Å². The topological polar surface area (TPSA) is 45.7 Å². The molecule has 2 heterocycles. The van der Waals surface area contributed by atoms with Crippen molar-refractivity contribution >= 4 is 11.9 Å². The van der Waals surface area contributed by atoms with Crippen LogP contribution in [0.4, 0.5) is 10.6 Å². The maximum Gasteiger partial charge on any atom is 0.410 e. The molecule has 0 spiro atoms. The molecular formula is C17H27N3O2. The first-order valence-corrected chi connectivity index (χ1v) is 7.90. The molecule has 1 atom stereocenters. The molecule has 1 aliphatic rings. The number of aromatic nitrogens is 1. The second-order valence-electron chi connectivity index (χ2n) is 7.03. The first-order chi connectivity index (χ1) is 10.3. The maximum absolute atomic E-state index is 12.2. The number of hydrogen-bond acceptors (Lipinski definition) is 4. The van der Waals surface area contributed by atoms with Crippen LogP contribution in [-0.4, -0.2) is 47.8 Å². The number of pyridine rings is 1. The molecule has 1 fully saturated rings. The van der Waals surface area contributed by atoms with Gasteiger partial charge in [0.2, 0.25) is 0 Å². The average molecular weight is 305 g/mol. The SMILES string of the molecule is Cc1ccc(N2CCC[C@@H](N(C)C(=O)OC(C)(C)C)C2)nc1. The van der Waals surface area contributed by atoms with Crippen LogP contribution in [0.1, 0.15) is 39.2 Å². The molecule has 1 aromatic rings. The largest absolute Gasteiger partial charge is 0.444 e. The zero-order chi connectivity index (χ0) is 16.3. The molecule has 0 aromatic carbocycles. The van der Waals surface area contributed by atoms with Crippen LogP contribution in [-0.2, 0) is 4.74 Å². The van der Waals surface area contributed by atoms with Gasteiger partial charge in [-0.3, -0.25) is 0 Å². The second-order valence-corrected chi connectivity index (χ2v) is 7.03. The summed E-state index contributed by atoms with van der Waals surface area (Å²) in [7, 11) is 1.82. The van der Waals surface area contributed by atoms with Crippen LogP contribution < -0.4 is 4.90 Å². The predicted molar refractivity (Wildman–Crippen MR) is 88.2 cm³/mol. The van der Waals surface area contributed by atoms with Crippen molar-refractivity contribution < 1.29 is 9.53 Å². The molecule has 22 heavy (non-hydrogen) atoms. The van der Waals surface area contributed by atoms with Gasteiger partial charge in [0.25, 0.3) is 0 Å². The van der Waals surface area contributed by atoms with Crippen molar-refractivity contribution in [1.82, 2.24) is 9.88 Å². The molecule has 0 N–H and O–H groups in total. The number of ether oxygens (including phenoxy) is 1. The molecular weight excluding hydrogens is 278 g/mol. The number of piperidine rings is 1. The predicted octanol–water partition coefficient (Wildman–Crippen LogP) is 3.23. The van der Waals surface area contributed by atoms with Crippen LogP contribution in [0.15, 0.2) is 18.3 Å². The van der Waals surface area contributed by atoms with E-state index in [0.29, 0.717) is 0 Å². The summed E-state index contributed by atoms with van der Waals surface area (Å²) >= 11 is 0. The maximum atomic E-state index is 12.2. The summed E-state index contributed by atoms with van der Waals surface area (Å²) in [5.41, 5.74) is 0.696. The summed E-state index contributed by atoms with van der Waals surface area (Å²) in [6, 6.07) is 4.28. The van der Waals surface area contributed by atoms with E-state index in [1.54, 1.807) is 4.90 Å². The Morgan fingerprint density at radius 2 is 2.14 bits per heavy atom. The Bertz CT molecular complexity index is 508. The highest BCUT2D eigenvalue weighted by atomic mass is 16.6. The van der Waals surface area contributed by atoms with E-state index in [0.717, 1.165) is 37.3 Å². The summed E-state index contributed by atoms with van der Waals surface area (Å²) < 4.78 is 5.46. The molecule has 1 aromatic heterocycles. The molecule has 0 radical (unpaired) electrons. The summed E-state index contributed by atoms with van der Waals surface area (Å²) in [4.78, 5) is 20.7. The molecule has 0 aliphatic carbocycles. The van der Waals surface area contributed by atoms with Gasteiger partial charge in [-0.25, -0.2) is 9.78 Å². The number of anilines is 1. The normalized spacial score (nSPS) is 19.0. The Morgan fingerprint density at radius 3 is 2.73 bits per heavy atom. The number of carbonyl (C=O) groups is 1. The molecule has 1 amide bonds. The van der Waals surface area contributed by atoms with Crippen molar-refractivity contribution in [1.29, 1.82) is 0 Å². The van der Waals surface area contributed by atoms with Gasteiger partial charge in [0.05, 0.1) is 6.04 Å². The molecule has 5 nitrogen and oxygen atoms in total. The number of hydrogen-bond donors (Lipinski definition) is 0. The van der Waals surface area contributed by atoms with Gasteiger partial charge < -0.3 is 14.5 Å². The van der Waals surface area contributed by atoms with E-state index in [1.165, 1.54) is 0 Å². The van der Waals surface area contributed by atoms with Crippen molar-refractivity contribution in [3.05, 3.63) is 23.9 Å². The van der Waals surface area contributed by atoms with Crippen molar-refractivity contribution in [2.75, 3.05) is 25.0 Å². The number of aryl methyl sites for hydroxylation is 1. The number of rotatable bonds is 2. The van der Waals surface area contributed by atoms with E-state index in [4.69, 9.17) is 4.74 Å². The highest BCUT2D eigenvalue weighted by molar-refractivity contribution is 5.68. The number of likely N-dealkylation sites (N-methyl/N-ethyl adjacent to an activating group) is 1. The van der Waals surface area contributed by atoms with Gasteiger partial charge >= 0.3 is 6.09 Å². The molecule has 0 bridgehead atoms. The number of nitrogens with zero attached hydrogens (tertiary/aromatic N) is 3. The smallest absolute Gasteiger partial charge is 0.410 e. The van der Waals surface area contributed by atoms with E-state index < -0.39 is 5.60 Å². The molecule has 1 saturated heterocycles. The summed E-state index contributed by atoms with van der Waals surface area (Å²) in [5, 5.41) is 0. The van der Waals surface area contributed by atoms with E-state index in [1.807, 2.05) is 47.0 Å². The third kappa shape index (κ3) is 4.36. The van der Waals surface area contributed by atoms with Crippen LogP contribution in [0.3, 0.4) is 0 Å². The van der Waals surface area contributed by atoms with Crippen LogP contribution in [0.5, 0.6) is 0 Å². The lowest BCUT2D eigenvalue weighted by Crippen LogP contribution is -2.50. The van der Waals surface area contributed by atoms with E-state index >= 15 is 0 Å². The van der Waals surface area contributed by atoms with Crippen LogP contribution in [0.25, 0.3) is 0 Å². The Hall–Kier alpha value is -1.78. The van der Waals surface area contributed by atoms with Gasteiger partial charge in [-0.05, 0) is 52.2 Å². The standard InChI is InChI=1S/C17H27N3O2/c1-13-8-9-15(18-11-13)20-10-6-7-14(12-20)19(5)16(21)22-17(2,3)4/h8-9,11,14H,6-7,10,12H2,1-5H3/t14-/m1/s1.